The maximum atomic E-state index is 9.46. The Morgan fingerprint density at radius 2 is 0.935 bits per heavy atom. The summed E-state index contributed by atoms with van der Waals surface area (Å²) < 4.78 is 0. The molecule has 0 saturated heterocycles. The number of H-pyrrole nitrogens is 1. The molecular formula is C28H24N2O. The number of nitrogens with one attached hydrogen (secondary N) is 1. The number of hydrogen-bond acceptors (Lipinski definition) is 2. The highest BCUT2D eigenvalue weighted by Crippen LogP contribution is 2.33. The number of aromatic nitrogens is 1. The number of para-hydroxylation sites is 4. The van der Waals surface area contributed by atoms with Crippen molar-refractivity contribution in [2.75, 3.05) is 4.90 Å². The summed E-state index contributed by atoms with van der Waals surface area (Å²) in [5, 5.41) is 9.46. The van der Waals surface area contributed by atoms with Gasteiger partial charge in [-0.1, -0.05) is 66.7 Å². The Bertz CT molecular complexity index is 1080. The molecule has 0 unspecified atom stereocenters. The van der Waals surface area contributed by atoms with Crippen LogP contribution in [-0.4, -0.2) is 10.1 Å². The van der Waals surface area contributed by atoms with Crippen LogP contribution in [0.4, 0.5) is 17.1 Å². The molecule has 0 saturated carbocycles. The van der Waals surface area contributed by atoms with Crippen LogP contribution in [0, 0.1) is 0 Å². The quantitative estimate of drug-likeness (QED) is 0.325. The monoisotopic (exact) mass is 404 g/mol. The number of phenolic OH excluding ortho intramolecular Hbond substituents is 1. The van der Waals surface area contributed by atoms with Gasteiger partial charge < -0.3 is 15.0 Å². The number of benzene rings is 4. The number of phenols is 1. The summed E-state index contributed by atoms with van der Waals surface area (Å²) in [5.74, 6) is 0.306. The third kappa shape index (κ3) is 5.03. The molecule has 1 aromatic heterocycles. The topological polar surface area (TPSA) is 39.3 Å². The normalized spacial score (nSPS) is 10.1. The zero-order valence-corrected chi connectivity index (χ0v) is 17.1. The van der Waals surface area contributed by atoms with Gasteiger partial charge in [0, 0.05) is 34.5 Å². The van der Waals surface area contributed by atoms with Crippen LogP contribution in [0.25, 0.3) is 11.3 Å². The molecule has 0 aliphatic carbocycles. The molecule has 0 spiro atoms. The van der Waals surface area contributed by atoms with Crippen LogP contribution in [0.5, 0.6) is 5.75 Å². The summed E-state index contributed by atoms with van der Waals surface area (Å²) in [7, 11) is 0. The molecule has 152 valence electrons. The predicted octanol–water partition coefficient (Wildman–Crippen LogP) is 7.54. The summed E-state index contributed by atoms with van der Waals surface area (Å²) in [6.07, 6.45) is 1.84. The third-order valence-electron chi connectivity index (χ3n) is 4.84. The molecule has 4 aromatic carbocycles. The van der Waals surface area contributed by atoms with E-state index in [-0.39, 0.29) is 0 Å². The highest BCUT2D eigenvalue weighted by atomic mass is 16.3. The molecule has 0 atom stereocenters. The van der Waals surface area contributed by atoms with Gasteiger partial charge in [0.2, 0.25) is 0 Å². The second kappa shape index (κ2) is 9.99. The first-order chi connectivity index (χ1) is 15.3. The molecule has 0 radical (unpaired) electrons. The zero-order chi connectivity index (χ0) is 21.3. The van der Waals surface area contributed by atoms with Crippen molar-refractivity contribution in [1.82, 2.24) is 4.98 Å². The first-order valence-electron chi connectivity index (χ1n) is 10.2. The highest BCUT2D eigenvalue weighted by Gasteiger charge is 2.10. The van der Waals surface area contributed by atoms with Crippen LogP contribution >= 0.6 is 0 Å². The maximum absolute atomic E-state index is 9.46. The van der Waals surface area contributed by atoms with Gasteiger partial charge in [-0.25, -0.2) is 0 Å². The lowest BCUT2D eigenvalue weighted by molar-refractivity contribution is 0.477. The summed E-state index contributed by atoms with van der Waals surface area (Å²) in [6, 6.07) is 42.3. The standard InChI is InChI=1S/C18H15N.C10H9NO/c1-4-10-16(11-5-1)19(17-12-6-2-7-13-17)18-14-8-3-9-15-18;12-10-6-2-1-4-8(10)9-5-3-7-11-9/h1-15H;1-7,11-12H. The van der Waals surface area contributed by atoms with Crippen molar-refractivity contribution in [1.29, 1.82) is 0 Å². The number of aromatic amines is 1. The van der Waals surface area contributed by atoms with Gasteiger partial charge in [-0.15, -0.1) is 0 Å². The van der Waals surface area contributed by atoms with Gasteiger partial charge in [-0.05, 0) is 60.7 Å². The van der Waals surface area contributed by atoms with Crippen molar-refractivity contribution in [2.24, 2.45) is 0 Å². The Morgan fingerprint density at radius 1 is 0.484 bits per heavy atom. The number of anilines is 3. The SMILES string of the molecule is Oc1ccccc1-c1ccc[nH]1.c1ccc(N(c2ccccc2)c2ccccc2)cc1. The minimum absolute atomic E-state index is 0.306. The minimum Gasteiger partial charge on any atom is -0.507 e. The Balaban J connectivity index is 0.000000166. The molecule has 0 amide bonds. The fourth-order valence-corrected chi connectivity index (χ4v) is 3.38. The van der Waals surface area contributed by atoms with E-state index in [9.17, 15) is 5.11 Å². The molecule has 5 aromatic rings. The molecule has 5 rings (SSSR count). The van der Waals surface area contributed by atoms with E-state index in [4.69, 9.17) is 0 Å². The molecule has 3 heteroatoms. The summed E-state index contributed by atoms with van der Waals surface area (Å²) in [6.45, 7) is 0. The van der Waals surface area contributed by atoms with E-state index >= 15 is 0 Å². The average molecular weight is 405 g/mol. The van der Waals surface area contributed by atoms with Crippen molar-refractivity contribution >= 4 is 17.1 Å². The van der Waals surface area contributed by atoms with Crippen molar-refractivity contribution in [2.45, 2.75) is 0 Å². The van der Waals surface area contributed by atoms with Crippen LogP contribution in [0.2, 0.25) is 0 Å². The third-order valence-corrected chi connectivity index (χ3v) is 4.84. The molecule has 2 N–H and O–H groups in total. The number of rotatable bonds is 4. The summed E-state index contributed by atoms with van der Waals surface area (Å²) in [5.41, 5.74) is 5.27. The Hall–Kier alpha value is -4.24. The van der Waals surface area contributed by atoms with Gasteiger partial charge in [0.25, 0.3) is 0 Å². The molecule has 0 aliphatic heterocycles. The van der Waals surface area contributed by atoms with E-state index in [0.717, 1.165) is 11.3 Å². The molecule has 1 heterocycles. The van der Waals surface area contributed by atoms with Crippen LogP contribution in [0.15, 0.2) is 134 Å². The molecule has 0 aliphatic rings. The van der Waals surface area contributed by atoms with E-state index in [1.165, 1.54) is 17.1 Å². The van der Waals surface area contributed by atoms with E-state index < -0.39 is 0 Å². The Kier molecular flexibility index (Phi) is 6.46. The van der Waals surface area contributed by atoms with Gasteiger partial charge in [0.15, 0.2) is 0 Å². The van der Waals surface area contributed by atoms with Gasteiger partial charge in [-0.2, -0.15) is 0 Å². The van der Waals surface area contributed by atoms with E-state index in [1.807, 2.05) is 54.7 Å². The van der Waals surface area contributed by atoms with Gasteiger partial charge in [0.05, 0.1) is 0 Å². The van der Waals surface area contributed by atoms with Gasteiger partial charge in [0.1, 0.15) is 5.75 Å². The van der Waals surface area contributed by atoms with Crippen LogP contribution in [0.3, 0.4) is 0 Å². The van der Waals surface area contributed by atoms with Crippen LogP contribution < -0.4 is 4.90 Å². The smallest absolute Gasteiger partial charge is 0.124 e. The highest BCUT2D eigenvalue weighted by molar-refractivity contribution is 5.76. The minimum atomic E-state index is 0.306. The first-order valence-corrected chi connectivity index (χ1v) is 10.2. The molecule has 3 nitrogen and oxygen atoms in total. The molecule has 31 heavy (non-hydrogen) atoms. The van der Waals surface area contributed by atoms with Crippen molar-refractivity contribution in [3.05, 3.63) is 134 Å². The first kappa shape index (κ1) is 20.0. The average Bonchev–Trinajstić information content (AvgIpc) is 3.37. The molecule has 0 fully saturated rings. The lowest BCUT2D eigenvalue weighted by Gasteiger charge is -2.25. The number of nitrogens with zero attached hydrogens (tertiary/aromatic N) is 1. The van der Waals surface area contributed by atoms with E-state index in [1.54, 1.807) is 6.07 Å². The maximum Gasteiger partial charge on any atom is 0.124 e. The van der Waals surface area contributed by atoms with Crippen LogP contribution in [0.1, 0.15) is 0 Å². The fraction of sp³-hybridized carbons (Fsp3) is 0. The van der Waals surface area contributed by atoms with Crippen LogP contribution in [-0.2, 0) is 0 Å². The number of aromatic hydroxyl groups is 1. The van der Waals surface area contributed by atoms with E-state index in [2.05, 4.69) is 82.7 Å². The Morgan fingerprint density at radius 3 is 1.35 bits per heavy atom. The summed E-state index contributed by atoms with van der Waals surface area (Å²) >= 11 is 0. The summed E-state index contributed by atoms with van der Waals surface area (Å²) in [4.78, 5) is 5.28. The zero-order valence-electron chi connectivity index (χ0n) is 17.1. The largest absolute Gasteiger partial charge is 0.507 e. The van der Waals surface area contributed by atoms with Crippen molar-refractivity contribution in [3.63, 3.8) is 0 Å². The second-order valence-electron chi connectivity index (χ2n) is 6.94. The lowest BCUT2D eigenvalue weighted by Crippen LogP contribution is -2.09. The number of hydrogen-bond donors (Lipinski definition) is 2. The van der Waals surface area contributed by atoms with Crippen molar-refractivity contribution < 1.29 is 5.11 Å². The van der Waals surface area contributed by atoms with Gasteiger partial charge >= 0.3 is 0 Å². The molecule has 0 bridgehead atoms. The molecular weight excluding hydrogens is 380 g/mol. The van der Waals surface area contributed by atoms with Gasteiger partial charge in [-0.3, -0.25) is 0 Å². The second-order valence-corrected chi connectivity index (χ2v) is 6.94. The lowest BCUT2D eigenvalue weighted by atomic mass is 10.1. The van der Waals surface area contributed by atoms with E-state index in [0.29, 0.717) is 5.75 Å². The predicted molar refractivity (Wildman–Crippen MR) is 129 cm³/mol. The van der Waals surface area contributed by atoms with Crippen molar-refractivity contribution in [3.8, 4) is 17.0 Å². The fourth-order valence-electron chi connectivity index (χ4n) is 3.38. The Labute approximate surface area is 182 Å².